The molecule has 1 atom stereocenters. The number of halogens is 1. The normalized spacial score (nSPS) is 19.5. The smallest absolute Gasteiger partial charge is 0.264 e. The van der Waals surface area contributed by atoms with Crippen molar-refractivity contribution in [3.63, 3.8) is 0 Å². The Balaban J connectivity index is 1.13. The van der Waals surface area contributed by atoms with Crippen molar-refractivity contribution in [1.29, 1.82) is 10.7 Å². The van der Waals surface area contributed by atoms with Crippen LogP contribution >= 0.6 is 0 Å². The summed E-state index contributed by atoms with van der Waals surface area (Å²) < 4.78 is 21.1. The summed E-state index contributed by atoms with van der Waals surface area (Å²) in [6.07, 6.45) is 8.43. The maximum Gasteiger partial charge on any atom is 0.264 e. The van der Waals surface area contributed by atoms with Crippen molar-refractivity contribution >= 4 is 23.3 Å². The molecule has 6 rings (SSSR count). The van der Waals surface area contributed by atoms with E-state index in [-0.39, 0.29) is 46.0 Å². The highest BCUT2D eigenvalue weighted by molar-refractivity contribution is 6.16. The number of piperidine rings is 1. The van der Waals surface area contributed by atoms with Crippen LogP contribution in [0.5, 0.6) is 11.5 Å². The Kier molecular flexibility index (Phi) is 10.2. The fraction of sp³-hybridized carbons (Fsp3) is 0.432. The number of piperazine rings is 1. The molecule has 1 amide bonds. The summed E-state index contributed by atoms with van der Waals surface area (Å²) in [6.45, 7) is 8.80. The van der Waals surface area contributed by atoms with Crippen molar-refractivity contribution in [3.05, 3.63) is 83.5 Å². The number of rotatable bonds is 10. The van der Waals surface area contributed by atoms with Crippen molar-refractivity contribution in [3.8, 4) is 17.6 Å². The second-order valence-electron chi connectivity index (χ2n) is 13.6. The zero-order chi connectivity index (χ0) is 34.5. The van der Waals surface area contributed by atoms with E-state index in [9.17, 15) is 10.1 Å². The SMILES string of the molecule is CC(C)(/C=C(\C#N)C(=O)N1CCCC(Nc2ncnc(N)c2C(=N)c2ccc(Oc3ccccc3)cc2F)C1)N1CCN(C2CCC2)CC1. The highest BCUT2D eigenvalue weighted by Crippen LogP contribution is 2.30. The van der Waals surface area contributed by atoms with Crippen LogP contribution in [-0.4, -0.2) is 93.2 Å². The van der Waals surface area contributed by atoms with Crippen LogP contribution in [-0.2, 0) is 4.79 Å². The molecule has 4 N–H and O–H groups in total. The van der Waals surface area contributed by atoms with E-state index in [1.165, 1.54) is 37.7 Å². The number of nitrogens with one attached hydrogen (secondary N) is 2. The molecular formula is C37H44FN9O2. The maximum absolute atomic E-state index is 15.4. The molecule has 0 bridgehead atoms. The molecule has 2 saturated heterocycles. The highest BCUT2D eigenvalue weighted by atomic mass is 19.1. The number of para-hydroxylation sites is 1. The second kappa shape index (κ2) is 14.7. The van der Waals surface area contributed by atoms with Gasteiger partial charge in [0.15, 0.2) is 0 Å². The molecule has 2 aliphatic heterocycles. The van der Waals surface area contributed by atoms with Gasteiger partial charge in [-0.05, 0) is 69.9 Å². The van der Waals surface area contributed by atoms with Crippen LogP contribution in [0.1, 0.15) is 57.1 Å². The van der Waals surface area contributed by atoms with Gasteiger partial charge in [-0.1, -0.05) is 24.6 Å². The van der Waals surface area contributed by atoms with Crippen molar-refractivity contribution in [2.24, 2.45) is 0 Å². The Hall–Kier alpha value is -4.86. The van der Waals surface area contributed by atoms with Gasteiger partial charge in [0.2, 0.25) is 0 Å². The van der Waals surface area contributed by atoms with Crippen molar-refractivity contribution < 1.29 is 13.9 Å². The first kappa shape index (κ1) is 34.0. The number of nitriles is 1. The Morgan fingerprint density at radius 1 is 1.06 bits per heavy atom. The lowest BCUT2D eigenvalue weighted by Gasteiger charge is -2.47. The van der Waals surface area contributed by atoms with Gasteiger partial charge in [0.25, 0.3) is 5.91 Å². The summed E-state index contributed by atoms with van der Waals surface area (Å²) in [5.41, 5.74) is 5.92. The summed E-state index contributed by atoms with van der Waals surface area (Å²) in [6, 6.07) is 16.0. The number of ether oxygens (including phenoxy) is 1. The number of likely N-dealkylation sites (tertiary alicyclic amines) is 1. The van der Waals surface area contributed by atoms with E-state index in [4.69, 9.17) is 15.9 Å². The van der Waals surface area contributed by atoms with Crippen LogP contribution in [0.15, 0.2) is 66.5 Å². The first-order valence-corrected chi connectivity index (χ1v) is 17.0. The van der Waals surface area contributed by atoms with Gasteiger partial charge in [0.1, 0.15) is 46.9 Å². The van der Waals surface area contributed by atoms with Gasteiger partial charge in [-0.3, -0.25) is 20.0 Å². The third-order valence-electron chi connectivity index (χ3n) is 9.93. The molecule has 3 fully saturated rings. The van der Waals surface area contributed by atoms with Crippen LogP contribution in [0.2, 0.25) is 0 Å². The number of hydrogen-bond acceptors (Lipinski definition) is 10. The quantitative estimate of drug-likeness (QED) is 0.151. The molecule has 256 valence electrons. The lowest BCUT2D eigenvalue weighted by molar-refractivity contribution is -0.127. The van der Waals surface area contributed by atoms with Crippen molar-refractivity contribution in [1.82, 2.24) is 24.7 Å². The van der Waals surface area contributed by atoms with Gasteiger partial charge in [-0.25, -0.2) is 14.4 Å². The molecule has 3 aromatic rings. The van der Waals surface area contributed by atoms with Gasteiger partial charge in [0.05, 0.1) is 11.3 Å². The Bertz CT molecular complexity index is 1740. The summed E-state index contributed by atoms with van der Waals surface area (Å²) >= 11 is 0. The fourth-order valence-electron chi connectivity index (χ4n) is 6.92. The zero-order valence-electron chi connectivity index (χ0n) is 28.2. The first-order chi connectivity index (χ1) is 23.6. The number of nitrogens with two attached hydrogens (primary N) is 1. The number of carbonyl (C=O) groups excluding carboxylic acids is 1. The number of carbonyl (C=O) groups is 1. The molecule has 2 aromatic carbocycles. The van der Waals surface area contributed by atoms with Gasteiger partial charge in [0, 0.05) is 68.5 Å². The van der Waals surface area contributed by atoms with Gasteiger partial charge in [-0.2, -0.15) is 5.26 Å². The molecule has 1 aliphatic carbocycles. The summed E-state index contributed by atoms with van der Waals surface area (Å²) in [7, 11) is 0. The molecule has 1 saturated carbocycles. The standard InChI is InChI=1S/C37H44FN9O2/c1-37(2,47-18-16-45(17-19-47)27-9-6-10-27)21-25(22-39)36(48)46-15-7-8-26(23-46)44-35-32(34(41)42-24-43-35)33(40)30-14-13-29(20-31(30)38)49-28-11-4-3-5-12-28/h3-5,11-14,20-21,24,26-27,40H,6-10,15-19,23H2,1-2H3,(H3,41,42,43,44)/b25-21+,40-33?. The maximum atomic E-state index is 15.4. The average Bonchev–Trinajstić information content (AvgIpc) is 3.07. The molecule has 0 radical (unpaired) electrons. The van der Waals surface area contributed by atoms with E-state index in [0.29, 0.717) is 37.1 Å². The summed E-state index contributed by atoms with van der Waals surface area (Å²) in [4.78, 5) is 28.8. The molecule has 0 spiro atoms. The monoisotopic (exact) mass is 665 g/mol. The van der Waals surface area contributed by atoms with Crippen molar-refractivity contribution in [2.75, 3.05) is 50.3 Å². The number of hydrogen-bond donors (Lipinski definition) is 3. The van der Waals surface area contributed by atoms with Crippen molar-refractivity contribution in [2.45, 2.75) is 63.6 Å². The second-order valence-corrected chi connectivity index (χ2v) is 13.6. The number of nitrogens with zero attached hydrogens (tertiary/aromatic N) is 6. The Morgan fingerprint density at radius 2 is 1.82 bits per heavy atom. The lowest BCUT2D eigenvalue weighted by Crippen LogP contribution is -2.57. The molecule has 3 heterocycles. The Morgan fingerprint density at radius 3 is 2.49 bits per heavy atom. The van der Waals surface area contributed by atoms with Crippen LogP contribution in [0, 0.1) is 22.6 Å². The minimum absolute atomic E-state index is 0.0151. The third kappa shape index (κ3) is 7.74. The minimum atomic E-state index is -0.652. The molecule has 1 aromatic heterocycles. The molecule has 49 heavy (non-hydrogen) atoms. The van der Waals surface area contributed by atoms with E-state index in [0.717, 1.165) is 32.6 Å². The van der Waals surface area contributed by atoms with Gasteiger partial charge >= 0.3 is 0 Å². The minimum Gasteiger partial charge on any atom is -0.457 e. The predicted octanol–water partition coefficient (Wildman–Crippen LogP) is 5.21. The van der Waals surface area contributed by atoms with Crippen LogP contribution in [0.3, 0.4) is 0 Å². The third-order valence-corrected chi connectivity index (χ3v) is 9.93. The molecule has 3 aliphatic rings. The van der Waals surface area contributed by atoms with E-state index in [1.54, 1.807) is 23.1 Å². The molecular weight excluding hydrogens is 621 g/mol. The number of nitrogen functional groups attached to an aromatic ring is 1. The van der Waals surface area contributed by atoms with Gasteiger partial charge < -0.3 is 20.7 Å². The summed E-state index contributed by atoms with van der Waals surface area (Å²) in [5.74, 6) is 0.213. The average molecular weight is 666 g/mol. The van der Waals surface area contributed by atoms with E-state index < -0.39 is 11.4 Å². The van der Waals surface area contributed by atoms with E-state index in [1.807, 2.05) is 24.3 Å². The number of aromatic nitrogens is 2. The Labute approximate surface area is 287 Å². The molecule has 11 nitrogen and oxygen atoms in total. The predicted molar refractivity (Wildman–Crippen MR) is 187 cm³/mol. The first-order valence-electron chi connectivity index (χ1n) is 17.0. The lowest BCUT2D eigenvalue weighted by atomic mass is 9.90. The number of amides is 1. The molecule has 12 heteroatoms. The number of benzene rings is 2. The van der Waals surface area contributed by atoms with Gasteiger partial charge in [-0.15, -0.1) is 0 Å². The van der Waals surface area contributed by atoms with Crippen LogP contribution in [0.4, 0.5) is 16.0 Å². The van der Waals surface area contributed by atoms with E-state index in [2.05, 4.69) is 45.0 Å². The summed E-state index contributed by atoms with van der Waals surface area (Å²) in [5, 5.41) is 22.3. The van der Waals surface area contributed by atoms with Crippen LogP contribution in [0.25, 0.3) is 0 Å². The van der Waals surface area contributed by atoms with Crippen LogP contribution < -0.4 is 15.8 Å². The van der Waals surface area contributed by atoms with E-state index >= 15 is 4.39 Å². The number of anilines is 2. The largest absolute Gasteiger partial charge is 0.457 e. The topological polar surface area (TPSA) is 147 Å². The zero-order valence-corrected chi connectivity index (χ0v) is 28.2. The molecule has 1 unspecified atom stereocenters. The fourth-order valence-corrected chi connectivity index (χ4v) is 6.92. The highest BCUT2D eigenvalue weighted by Gasteiger charge is 2.35.